The van der Waals surface area contributed by atoms with Crippen LogP contribution in [0, 0.1) is 5.41 Å². The Kier molecular flexibility index (Phi) is 4.13. The lowest BCUT2D eigenvalue weighted by Crippen LogP contribution is -2.41. The molecular weight excluding hydrogens is 314 g/mol. The monoisotopic (exact) mass is 337 g/mol. The second kappa shape index (κ2) is 6.44. The van der Waals surface area contributed by atoms with Crippen LogP contribution in [-0.4, -0.2) is 37.5 Å². The van der Waals surface area contributed by atoms with Crippen molar-refractivity contribution in [1.82, 2.24) is 19.7 Å². The third-order valence-corrected chi connectivity index (χ3v) is 5.31. The summed E-state index contributed by atoms with van der Waals surface area (Å²) in [7, 11) is 0. The van der Waals surface area contributed by atoms with Gasteiger partial charge in [0.15, 0.2) is 5.65 Å². The summed E-state index contributed by atoms with van der Waals surface area (Å²) in [6.45, 7) is 2.84. The molecule has 0 bridgehead atoms. The molecule has 1 aromatic carbocycles. The fraction of sp³-hybridized carbons (Fsp3) is 0.421. The molecule has 2 unspecified atom stereocenters. The van der Waals surface area contributed by atoms with Crippen molar-refractivity contribution in [3.63, 3.8) is 0 Å². The van der Waals surface area contributed by atoms with E-state index in [2.05, 4.69) is 27.3 Å². The Labute approximate surface area is 146 Å². The van der Waals surface area contributed by atoms with E-state index in [0.29, 0.717) is 6.54 Å². The number of hydrogen-bond acceptors (Lipinski definition) is 5. The molecule has 2 heterocycles. The standard InChI is InChI=1S/C19H23N5O/c1-19(10-6-5-9-16(19)25)12-20-17-15-11-23-24(18(15)22-13-21-17)14-7-3-2-4-8-14/h2-4,7-8,11,13,16,25H,5-6,9-10,12H2,1H3,(H,20,21,22). The van der Waals surface area contributed by atoms with Gasteiger partial charge in [-0.25, -0.2) is 14.6 Å². The molecule has 1 fully saturated rings. The molecule has 2 aromatic heterocycles. The highest BCUT2D eigenvalue weighted by Gasteiger charge is 2.35. The number of nitrogens with one attached hydrogen (secondary N) is 1. The molecular formula is C19H23N5O. The summed E-state index contributed by atoms with van der Waals surface area (Å²) in [5.41, 5.74) is 1.63. The predicted molar refractivity (Wildman–Crippen MR) is 97.7 cm³/mol. The first kappa shape index (κ1) is 16.0. The molecule has 0 spiro atoms. The van der Waals surface area contributed by atoms with Gasteiger partial charge in [0.1, 0.15) is 12.1 Å². The van der Waals surface area contributed by atoms with Crippen molar-refractivity contribution in [3.8, 4) is 5.69 Å². The Hall–Kier alpha value is -2.47. The van der Waals surface area contributed by atoms with Gasteiger partial charge in [0.2, 0.25) is 0 Å². The lowest BCUT2D eigenvalue weighted by molar-refractivity contribution is 0.00960. The number of fused-ring (bicyclic) bond motifs is 1. The maximum absolute atomic E-state index is 10.4. The highest BCUT2D eigenvalue weighted by molar-refractivity contribution is 5.87. The van der Waals surface area contributed by atoms with Crippen LogP contribution in [0.1, 0.15) is 32.6 Å². The second-order valence-corrected chi connectivity index (χ2v) is 7.12. The van der Waals surface area contributed by atoms with Gasteiger partial charge in [0.05, 0.1) is 23.4 Å². The summed E-state index contributed by atoms with van der Waals surface area (Å²) in [4.78, 5) is 8.80. The molecule has 130 valence electrons. The number of benzene rings is 1. The smallest absolute Gasteiger partial charge is 0.168 e. The van der Waals surface area contributed by atoms with E-state index in [4.69, 9.17) is 0 Å². The lowest BCUT2D eigenvalue weighted by Gasteiger charge is -2.38. The van der Waals surface area contributed by atoms with Gasteiger partial charge < -0.3 is 10.4 Å². The summed E-state index contributed by atoms with van der Waals surface area (Å²) < 4.78 is 1.82. The van der Waals surface area contributed by atoms with E-state index in [1.54, 1.807) is 12.5 Å². The lowest BCUT2D eigenvalue weighted by atomic mass is 9.73. The minimum absolute atomic E-state index is 0.120. The van der Waals surface area contributed by atoms with Gasteiger partial charge in [0, 0.05) is 12.0 Å². The first-order valence-electron chi connectivity index (χ1n) is 8.83. The van der Waals surface area contributed by atoms with E-state index in [-0.39, 0.29) is 11.5 Å². The molecule has 0 saturated heterocycles. The Morgan fingerprint density at radius 3 is 2.88 bits per heavy atom. The molecule has 6 heteroatoms. The number of aromatic nitrogens is 4. The summed E-state index contributed by atoms with van der Waals surface area (Å²) in [5, 5.41) is 19.2. The van der Waals surface area contributed by atoms with Crippen LogP contribution in [0.3, 0.4) is 0 Å². The van der Waals surface area contributed by atoms with Gasteiger partial charge in [0.25, 0.3) is 0 Å². The maximum atomic E-state index is 10.4. The Morgan fingerprint density at radius 1 is 1.24 bits per heavy atom. The zero-order valence-electron chi connectivity index (χ0n) is 14.4. The molecule has 0 aliphatic heterocycles. The first-order chi connectivity index (χ1) is 12.2. The normalized spacial score (nSPS) is 23.7. The van der Waals surface area contributed by atoms with Crippen LogP contribution in [0.5, 0.6) is 0 Å². The van der Waals surface area contributed by atoms with Crippen molar-refractivity contribution in [2.75, 3.05) is 11.9 Å². The number of anilines is 1. The fourth-order valence-electron chi connectivity index (χ4n) is 3.62. The highest BCUT2D eigenvalue weighted by Crippen LogP contribution is 2.36. The van der Waals surface area contributed by atoms with Crippen molar-refractivity contribution < 1.29 is 5.11 Å². The average Bonchev–Trinajstić information content (AvgIpc) is 3.08. The summed E-state index contributed by atoms with van der Waals surface area (Å²) in [6, 6.07) is 9.94. The fourth-order valence-corrected chi connectivity index (χ4v) is 3.62. The van der Waals surface area contributed by atoms with Gasteiger partial charge in [-0.2, -0.15) is 5.10 Å². The zero-order valence-corrected chi connectivity index (χ0v) is 14.4. The van der Waals surface area contributed by atoms with Crippen LogP contribution in [-0.2, 0) is 0 Å². The van der Waals surface area contributed by atoms with Crippen LogP contribution >= 0.6 is 0 Å². The first-order valence-corrected chi connectivity index (χ1v) is 8.83. The SMILES string of the molecule is CC1(CNc2ncnc3c2cnn3-c2ccccc2)CCCCC1O. The van der Waals surface area contributed by atoms with Crippen LogP contribution in [0.15, 0.2) is 42.9 Å². The average molecular weight is 337 g/mol. The van der Waals surface area contributed by atoms with E-state index in [1.807, 2.05) is 35.0 Å². The third kappa shape index (κ3) is 2.98. The second-order valence-electron chi connectivity index (χ2n) is 7.12. The zero-order chi connectivity index (χ0) is 17.3. The summed E-state index contributed by atoms with van der Waals surface area (Å²) in [6.07, 6.45) is 7.27. The summed E-state index contributed by atoms with van der Waals surface area (Å²) in [5.74, 6) is 0.770. The number of nitrogens with zero attached hydrogens (tertiary/aromatic N) is 4. The largest absolute Gasteiger partial charge is 0.392 e. The van der Waals surface area contributed by atoms with Crippen molar-refractivity contribution >= 4 is 16.9 Å². The third-order valence-electron chi connectivity index (χ3n) is 5.31. The number of aliphatic hydroxyl groups excluding tert-OH is 1. The molecule has 2 atom stereocenters. The van der Waals surface area contributed by atoms with Gasteiger partial charge in [-0.05, 0) is 25.0 Å². The molecule has 0 amide bonds. The van der Waals surface area contributed by atoms with Crippen molar-refractivity contribution in [2.24, 2.45) is 5.41 Å². The Balaban J connectivity index is 1.62. The number of rotatable bonds is 4. The maximum Gasteiger partial charge on any atom is 0.168 e. The van der Waals surface area contributed by atoms with Gasteiger partial charge in [-0.1, -0.05) is 38.0 Å². The highest BCUT2D eigenvalue weighted by atomic mass is 16.3. The van der Waals surface area contributed by atoms with Gasteiger partial charge in [-0.3, -0.25) is 0 Å². The van der Waals surface area contributed by atoms with E-state index in [0.717, 1.165) is 41.8 Å². The van der Waals surface area contributed by atoms with Gasteiger partial charge in [-0.15, -0.1) is 0 Å². The molecule has 3 aromatic rings. The number of hydrogen-bond donors (Lipinski definition) is 2. The molecule has 2 N–H and O–H groups in total. The van der Waals surface area contributed by atoms with Crippen LogP contribution in [0.25, 0.3) is 16.7 Å². The minimum Gasteiger partial charge on any atom is -0.392 e. The Morgan fingerprint density at radius 2 is 2.08 bits per heavy atom. The van der Waals surface area contributed by atoms with Gasteiger partial charge >= 0.3 is 0 Å². The number of para-hydroxylation sites is 1. The van der Waals surface area contributed by atoms with Crippen molar-refractivity contribution in [3.05, 3.63) is 42.9 Å². The topological polar surface area (TPSA) is 75.9 Å². The van der Waals surface area contributed by atoms with Crippen LogP contribution in [0.4, 0.5) is 5.82 Å². The Bertz CT molecular complexity index is 863. The minimum atomic E-state index is -0.266. The molecule has 25 heavy (non-hydrogen) atoms. The van der Waals surface area contributed by atoms with Crippen LogP contribution in [0.2, 0.25) is 0 Å². The molecule has 1 aliphatic carbocycles. The summed E-state index contributed by atoms with van der Waals surface area (Å²) >= 11 is 0. The van der Waals surface area contributed by atoms with Crippen molar-refractivity contribution in [2.45, 2.75) is 38.7 Å². The quantitative estimate of drug-likeness (QED) is 0.765. The predicted octanol–water partition coefficient (Wildman–Crippen LogP) is 3.17. The van der Waals surface area contributed by atoms with Crippen LogP contribution < -0.4 is 5.32 Å². The van der Waals surface area contributed by atoms with E-state index < -0.39 is 0 Å². The van der Waals surface area contributed by atoms with E-state index in [9.17, 15) is 5.11 Å². The molecule has 6 nitrogen and oxygen atoms in total. The molecule has 1 saturated carbocycles. The number of aliphatic hydroxyl groups is 1. The van der Waals surface area contributed by atoms with E-state index in [1.165, 1.54) is 6.42 Å². The van der Waals surface area contributed by atoms with E-state index >= 15 is 0 Å². The molecule has 4 rings (SSSR count). The molecule has 0 radical (unpaired) electrons. The van der Waals surface area contributed by atoms with Crippen molar-refractivity contribution in [1.29, 1.82) is 0 Å². The molecule has 1 aliphatic rings.